The van der Waals surface area contributed by atoms with E-state index >= 15 is 0 Å². The molecular formula is C22H19F2N5O3. The minimum atomic E-state index is -2.70. The minimum Gasteiger partial charge on any atom is -0.459 e. The summed E-state index contributed by atoms with van der Waals surface area (Å²) in [7, 11) is 0. The zero-order valence-electron chi connectivity index (χ0n) is 16.9. The highest BCUT2D eigenvalue weighted by Gasteiger charge is 2.35. The molecule has 0 spiro atoms. The predicted molar refractivity (Wildman–Crippen MR) is 111 cm³/mol. The number of fused-ring (bicyclic) bond motifs is 1. The van der Waals surface area contributed by atoms with Gasteiger partial charge >= 0.3 is 0 Å². The van der Waals surface area contributed by atoms with Crippen LogP contribution in [-0.2, 0) is 6.54 Å². The van der Waals surface area contributed by atoms with Crippen LogP contribution in [0.2, 0.25) is 0 Å². The van der Waals surface area contributed by atoms with Gasteiger partial charge in [0, 0.05) is 43.1 Å². The normalized spacial score (nSPS) is 15.9. The van der Waals surface area contributed by atoms with Crippen molar-refractivity contribution < 1.29 is 22.4 Å². The van der Waals surface area contributed by atoms with Crippen molar-refractivity contribution in [2.75, 3.05) is 13.1 Å². The van der Waals surface area contributed by atoms with Gasteiger partial charge in [-0.25, -0.2) is 8.78 Å². The number of rotatable bonds is 4. The number of carbonyl (C=O) groups excluding carboxylic acids is 1. The third kappa shape index (κ3) is 3.73. The van der Waals surface area contributed by atoms with Crippen molar-refractivity contribution in [1.82, 2.24) is 20.1 Å². The van der Waals surface area contributed by atoms with Crippen LogP contribution in [0, 0.1) is 0 Å². The number of amides is 1. The summed E-state index contributed by atoms with van der Waals surface area (Å²) in [5.41, 5.74) is 8.62. The highest BCUT2D eigenvalue weighted by Crippen LogP contribution is 2.35. The maximum absolute atomic E-state index is 13.4. The van der Waals surface area contributed by atoms with Gasteiger partial charge in [-0.1, -0.05) is 0 Å². The molecule has 0 atom stereocenters. The van der Waals surface area contributed by atoms with Gasteiger partial charge in [-0.3, -0.25) is 9.78 Å². The molecule has 4 aromatic rings. The zero-order valence-corrected chi connectivity index (χ0v) is 16.9. The Morgan fingerprint density at radius 1 is 1.19 bits per heavy atom. The lowest BCUT2D eigenvalue weighted by Crippen LogP contribution is -2.42. The Morgan fingerprint density at radius 2 is 2.00 bits per heavy atom. The maximum Gasteiger partial charge on any atom is 0.255 e. The number of piperidine rings is 1. The van der Waals surface area contributed by atoms with Crippen molar-refractivity contribution in [3.63, 3.8) is 0 Å². The summed E-state index contributed by atoms with van der Waals surface area (Å²) in [5, 5.41) is 8.50. The Bertz CT molecular complexity index is 1260. The Balaban J connectivity index is 1.46. The average Bonchev–Trinajstić information content (AvgIpc) is 3.48. The molecule has 1 aromatic carbocycles. The first-order valence-corrected chi connectivity index (χ1v) is 10.1. The van der Waals surface area contributed by atoms with Crippen LogP contribution in [0.1, 0.15) is 29.0 Å². The van der Waals surface area contributed by atoms with E-state index in [1.54, 1.807) is 12.1 Å². The lowest BCUT2D eigenvalue weighted by atomic mass is 10.0. The van der Waals surface area contributed by atoms with Crippen LogP contribution in [0.15, 0.2) is 51.8 Å². The van der Waals surface area contributed by atoms with Gasteiger partial charge in [-0.15, -0.1) is 10.2 Å². The number of carbonyl (C=O) groups is 1. The highest BCUT2D eigenvalue weighted by molar-refractivity contribution is 5.96. The van der Waals surface area contributed by atoms with Gasteiger partial charge in [0.15, 0.2) is 0 Å². The molecule has 5 rings (SSSR count). The quantitative estimate of drug-likeness (QED) is 0.514. The maximum atomic E-state index is 13.4. The van der Waals surface area contributed by atoms with E-state index < -0.39 is 5.92 Å². The number of alkyl halides is 2. The lowest BCUT2D eigenvalue weighted by molar-refractivity contribution is -0.0494. The number of hydrogen-bond acceptors (Lipinski definition) is 7. The van der Waals surface area contributed by atoms with Gasteiger partial charge in [0.25, 0.3) is 17.7 Å². The molecular weight excluding hydrogens is 420 g/mol. The van der Waals surface area contributed by atoms with Gasteiger partial charge in [0.05, 0.1) is 23.4 Å². The number of benzene rings is 1. The van der Waals surface area contributed by atoms with E-state index in [0.29, 0.717) is 34.1 Å². The number of hydrogen-bond donors (Lipinski definition) is 1. The van der Waals surface area contributed by atoms with E-state index in [2.05, 4.69) is 15.2 Å². The molecule has 0 unspecified atom stereocenters. The Morgan fingerprint density at radius 3 is 2.66 bits per heavy atom. The largest absolute Gasteiger partial charge is 0.459 e. The molecule has 0 saturated carbocycles. The van der Waals surface area contributed by atoms with Crippen molar-refractivity contribution in [1.29, 1.82) is 0 Å². The first kappa shape index (κ1) is 20.3. The standard InChI is InChI=1S/C22H19F2N5O3/c23-22(24)3-5-29(6-4-22)21(30)13-1-2-18(26-11-13)14-7-15-8-16(10-25)32-19(15)17(9-14)20-28-27-12-31-20/h1-2,7-9,11-12H,3-6,10,25H2. The number of nitrogens with zero attached hydrogens (tertiary/aromatic N) is 4. The second-order valence-corrected chi connectivity index (χ2v) is 7.68. The molecule has 1 saturated heterocycles. The fourth-order valence-corrected chi connectivity index (χ4v) is 3.81. The van der Waals surface area contributed by atoms with E-state index in [-0.39, 0.29) is 38.4 Å². The second kappa shape index (κ2) is 7.79. The summed E-state index contributed by atoms with van der Waals surface area (Å²) in [6, 6.07) is 8.91. The van der Waals surface area contributed by atoms with Gasteiger partial charge in [0.2, 0.25) is 6.39 Å². The molecule has 4 heterocycles. The van der Waals surface area contributed by atoms with Crippen LogP contribution in [0.3, 0.4) is 0 Å². The third-order valence-corrected chi connectivity index (χ3v) is 5.55. The van der Waals surface area contributed by atoms with E-state index in [4.69, 9.17) is 14.6 Å². The Hall–Kier alpha value is -3.66. The number of pyridine rings is 1. The molecule has 0 radical (unpaired) electrons. The molecule has 1 aliphatic rings. The van der Waals surface area contributed by atoms with Crippen LogP contribution < -0.4 is 5.73 Å². The molecule has 1 aliphatic heterocycles. The number of aromatic nitrogens is 3. The van der Waals surface area contributed by atoms with E-state index in [1.165, 1.54) is 17.5 Å². The summed E-state index contributed by atoms with van der Waals surface area (Å²) in [6.45, 7) is 0.300. The molecule has 0 aliphatic carbocycles. The molecule has 0 bridgehead atoms. The molecule has 1 fully saturated rings. The van der Waals surface area contributed by atoms with Gasteiger partial charge in [-0.05, 0) is 30.3 Å². The van der Waals surface area contributed by atoms with E-state index in [0.717, 1.165) is 10.9 Å². The van der Waals surface area contributed by atoms with Crippen LogP contribution in [0.25, 0.3) is 33.7 Å². The Kier molecular flexibility index (Phi) is 4.93. The fraction of sp³-hybridized carbons (Fsp3) is 0.273. The summed E-state index contributed by atoms with van der Waals surface area (Å²) in [6.07, 6.45) is 2.05. The monoisotopic (exact) mass is 439 g/mol. The van der Waals surface area contributed by atoms with Crippen LogP contribution in [0.4, 0.5) is 8.78 Å². The molecule has 32 heavy (non-hydrogen) atoms. The van der Waals surface area contributed by atoms with Crippen molar-refractivity contribution in [2.24, 2.45) is 5.73 Å². The topological polar surface area (TPSA) is 111 Å². The van der Waals surface area contributed by atoms with Crippen molar-refractivity contribution in [2.45, 2.75) is 25.3 Å². The molecule has 164 valence electrons. The summed E-state index contributed by atoms with van der Waals surface area (Å²) >= 11 is 0. The summed E-state index contributed by atoms with van der Waals surface area (Å²) < 4.78 is 37.9. The summed E-state index contributed by atoms with van der Waals surface area (Å²) in [4.78, 5) is 18.5. The fourth-order valence-electron chi connectivity index (χ4n) is 3.81. The number of nitrogens with two attached hydrogens (primary N) is 1. The first-order valence-electron chi connectivity index (χ1n) is 10.1. The van der Waals surface area contributed by atoms with Crippen molar-refractivity contribution >= 4 is 16.9 Å². The molecule has 10 heteroatoms. The van der Waals surface area contributed by atoms with Gasteiger partial charge in [0.1, 0.15) is 11.3 Å². The predicted octanol–water partition coefficient (Wildman–Crippen LogP) is 3.87. The van der Waals surface area contributed by atoms with Crippen LogP contribution in [-0.4, -0.2) is 45.0 Å². The first-order chi connectivity index (χ1) is 15.4. The molecule has 3 aromatic heterocycles. The number of likely N-dealkylation sites (tertiary alicyclic amines) is 1. The Labute approximate surface area is 181 Å². The van der Waals surface area contributed by atoms with Crippen LogP contribution >= 0.6 is 0 Å². The minimum absolute atomic E-state index is 0.0295. The number of halogens is 2. The van der Waals surface area contributed by atoms with Gasteiger partial charge in [-0.2, -0.15) is 0 Å². The number of furan rings is 1. The molecule has 2 N–H and O–H groups in total. The van der Waals surface area contributed by atoms with Crippen molar-refractivity contribution in [3.8, 4) is 22.7 Å². The lowest BCUT2D eigenvalue weighted by Gasteiger charge is -2.31. The van der Waals surface area contributed by atoms with Crippen molar-refractivity contribution in [3.05, 3.63) is 54.2 Å². The molecule has 1 amide bonds. The average molecular weight is 439 g/mol. The van der Waals surface area contributed by atoms with E-state index in [9.17, 15) is 13.6 Å². The smallest absolute Gasteiger partial charge is 0.255 e. The zero-order chi connectivity index (χ0) is 22.3. The highest BCUT2D eigenvalue weighted by atomic mass is 19.3. The third-order valence-electron chi connectivity index (χ3n) is 5.55. The summed E-state index contributed by atoms with van der Waals surface area (Å²) in [5.74, 6) is -2.10. The SMILES string of the molecule is NCc1cc2cc(-c3ccc(C(=O)N4CCC(F)(F)CC4)cn3)cc(-c3nnco3)c2o1. The van der Waals surface area contributed by atoms with Crippen LogP contribution in [0.5, 0.6) is 0 Å². The van der Waals surface area contributed by atoms with E-state index in [1.807, 2.05) is 18.2 Å². The molecule has 8 nitrogen and oxygen atoms in total. The second-order valence-electron chi connectivity index (χ2n) is 7.68. The van der Waals surface area contributed by atoms with Gasteiger partial charge < -0.3 is 19.5 Å².